The third kappa shape index (κ3) is 7.34. The van der Waals surface area contributed by atoms with Crippen LogP contribution in [-0.4, -0.2) is 41.1 Å². The lowest BCUT2D eigenvalue weighted by Gasteiger charge is -2.32. The van der Waals surface area contributed by atoms with Crippen LogP contribution in [0.25, 0.3) is 0 Å². The smallest absolute Gasteiger partial charge is 0.317 e. The summed E-state index contributed by atoms with van der Waals surface area (Å²) in [5, 5.41) is 11.8. The molecule has 1 heterocycles. The Kier molecular flexibility index (Phi) is 7.54. The molecule has 1 rings (SSSR count). The van der Waals surface area contributed by atoms with E-state index >= 15 is 0 Å². The van der Waals surface area contributed by atoms with Crippen molar-refractivity contribution < 1.29 is 14.7 Å². The standard InChI is InChI=1S/C16H30N2O3/c1-12(2)5-4-6-13(3)17-16(21)18-9-7-14(8-10-18)11-15(19)20/h12-14H,4-11H2,1-3H3,(H,17,21)(H,19,20). The van der Waals surface area contributed by atoms with Crippen molar-refractivity contribution in [3.05, 3.63) is 0 Å². The first kappa shape index (κ1) is 17.8. The summed E-state index contributed by atoms with van der Waals surface area (Å²) in [7, 11) is 0. The van der Waals surface area contributed by atoms with Gasteiger partial charge in [0.15, 0.2) is 0 Å². The molecule has 122 valence electrons. The van der Waals surface area contributed by atoms with Gasteiger partial charge < -0.3 is 15.3 Å². The highest BCUT2D eigenvalue weighted by atomic mass is 16.4. The van der Waals surface area contributed by atoms with Gasteiger partial charge in [0.05, 0.1) is 0 Å². The fourth-order valence-electron chi connectivity index (χ4n) is 2.79. The van der Waals surface area contributed by atoms with Gasteiger partial charge in [-0.2, -0.15) is 0 Å². The van der Waals surface area contributed by atoms with Gasteiger partial charge in [-0.05, 0) is 38.0 Å². The summed E-state index contributed by atoms with van der Waals surface area (Å²) in [6.07, 6.45) is 5.16. The average molecular weight is 298 g/mol. The van der Waals surface area contributed by atoms with Crippen LogP contribution >= 0.6 is 0 Å². The Morgan fingerprint density at radius 3 is 2.33 bits per heavy atom. The maximum Gasteiger partial charge on any atom is 0.317 e. The molecule has 21 heavy (non-hydrogen) atoms. The Bertz CT molecular complexity index is 336. The molecule has 1 saturated heterocycles. The third-order valence-electron chi connectivity index (χ3n) is 4.15. The van der Waals surface area contributed by atoms with Gasteiger partial charge in [-0.15, -0.1) is 0 Å². The molecule has 1 fully saturated rings. The van der Waals surface area contributed by atoms with E-state index in [2.05, 4.69) is 26.1 Å². The van der Waals surface area contributed by atoms with Crippen molar-refractivity contribution in [2.45, 2.75) is 65.3 Å². The zero-order valence-electron chi connectivity index (χ0n) is 13.6. The second-order valence-electron chi connectivity index (χ2n) is 6.70. The molecule has 0 aromatic carbocycles. The van der Waals surface area contributed by atoms with Gasteiger partial charge in [0.25, 0.3) is 0 Å². The maximum atomic E-state index is 12.1. The average Bonchev–Trinajstić information content (AvgIpc) is 2.38. The normalized spacial score (nSPS) is 17.8. The van der Waals surface area contributed by atoms with Crippen molar-refractivity contribution >= 4 is 12.0 Å². The van der Waals surface area contributed by atoms with E-state index in [0.717, 1.165) is 25.7 Å². The highest BCUT2D eigenvalue weighted by Gasteiger charge is 2.24. The molecule has 1 aliphatic rings. The first-order chi connectivity index (χ1) is 9.88. The minimum atomic E-state index is -0.739. The van der Waals surface area contributed by atoms with Crippen LogP contribution in [0.4, 0.5) is 4.79 Å². The predicted octanol–water partition coefficient (Wildman–Crippen LogP) is 3.10. The number of urea groups is 1. The van der Waals surface area contributed by atoms with Crippen LogP contribution in [0.2, 0.25) is 0 Å². The lowest BCUT2D eigenvalue weighted by molar-refractivity contribution is -0.138. The molecule has 0 radical (unpaired) electrons. The van der Waals surface area contributed by atoms with E-state index in [4.69, 9.17) is 5.11 Å². The van der Waals surface area contributed by atoms with Gasteiger partial charge >= 0.3 is 12.0 Å². The van der Waals surface area contributed by atoms with Gasteiger partial charge in [0, 0.05) is 25.6 Å². The highest BCUT2D eigenvalue weighted by molar-refractivity contribution is 5.74. The number of carboxylic acid groups (broad SMARTS) is 1. The van der Waals surface area contributed by atoms with E-state index in [9.17, 15) is 9.59 Å². The Balaban J connectivity index is 2.22. The molecule has 2 N–H and O–H groups in total. The maximum absolute atomic E-state index is 12.1. The van der Waals surface area contributed by atoms with E-state index in [1.807, 2.05) is 4.90 Å². The topological polar surface area (TPSA) is 69.6 Å². The van der Waals surface area contributed by atoms with Crippen molar-refractivity contribution in [1.82, 2.24) is 10.2 Å². The molecular weight excluding hydrogens is 268 g/mol. The zero-order chi connectivity index (χ0) is 15.8. The molecule has 0 saturated carbocycles. The zero-order valence-corrected chi connectivity index (χ0v) is 13.6. The van der Waals surface area contributed by atoms with Crippen molar-refractivity contribution in [1.29, 1.82) is 0 Å². The molecular formula is C16H30N2O3. The summed E-state index contributed by atoms with van der Waals surface area (Å²) in [4.78, 5) is 24.6. The summed E-state index contributed by atoms with van der Waals surface area (Å²) >= 11 is 0. The summed E-state index contributed by atoms with van der Waals surface area (Å²) in [5.41, 5.74) is 0. The minimum Gasteiger partial charge on any atom is -0.481 e. The molecule has 0 bridgehead atoms. The number of amides is 2. The number of carbonyl (C=O) groups excluding carboxylic acids is 1. The summed E-state index contributed by atoms with van der Waals surface area (Å²) in [6, 6.07) is 0.203. The predicted molar refractivity (Wildman–Crippen MR) is 83.2 cm³/mol. The van der Waals surface area contributed by atoms with Crippen molar-refractivity contribution in [3.63, 3.8) is 0 Å². The van der Waals surface area contributed by atoms with E-state index in [1.165, 1.54) is 6.42 Å². The molecule has 0 aromatic heterocycles. The Hall–Kier alpha value is -1.26. The van der Waals surface area contributed by atoms with Gasteiger partial charge in [0.1, 0.15) is 0 Å². The van der Waals surface area contributed by atoms with Crippen LogP contribution in [-0.2, 0) is 4.79 Å². The number of likely N-dealkylation sites (tertiary alicyclic amines) is 1. The molecule has 0 aromatic rings. The van der Waals surface area contributed by atoms with Gasteiger partial charge in [-0.25, -0.2) is 4.79 Å². The van der Waals surface area contributed by atoms with Crippen LogP contribution in [0.15, 0.2) is 0 Å². The van der Waals surface area contributed by atoms with Crippen LogP contribution < -0.4 is 5.32 Å². The molecule has 5 nitrogen and oxygen atoms in total. The number of rotatable bonds is 7. The monoisotopic (exact) mass is 298 g/mol. The van der Waals surface area contributed by atoms with Crippen molar-refractivity contribution in [3.8, 4) is 0 Å². The number of carboxylic acids is 1. The minimum absolute atomic E-state index is 0.000761. The third-order valence-corrected chi connectivity index (χ3v) is 4.15. The van der Waals surface area contributed by atoms with Crippen molar-refractivity contribution in [2.24, 2.45) is 11.8 Å². The molecule has 5 heteroatoms. The van der Waals surface area contributed by atoms with E-state index in [0.29, 0.717) is 19.0 Å². The number of hydrogen-bond donors (Lipinski definition) is 2. The van der Waals surface area contributed by atoms with Crippen molar-refractivity contribution in [2.75, 3.05) is 13.1 Å². The number of nitrogens with zero attached hydrogens (tertiary/aromatic N) is 1. The van der Waals surface area contributed by atoms with Crippen LogP contribution in [0.5, 0.6) is 0 Å². The molecule has 0 spiro atoms. The molecule has 1 unspecified atom stereocenters. The Morgan fingerprint density at radius 1 is 1.19 bits per heavy atom. The number of nitrogens with one attached hydrogen (secondary N) is 1. The first-order valence-electron chi connectivity index (χ1n) is 8.15. The molecule has 2 amide bonds. The number of aliphatic carboxylic acids is 1. The quantitative estimate of drug-likeness (QED) is 0.759. The summed E-state index contributed by atoms with van der Waals surface area (Å²) in [6.45, 7) is 7.81. The fraction of sp³-hybridized carbons (Fsp3) is 0.875. The van der Waals surface area contributed by atoms with E-state index in [1.54, 1.807) is 0 Å². The second kappa shape index (κ2) is 8.90. The molecule has 0 aliphatic carbocycles. The van der Waals surface area contributed by atoms with Gasteiger partial charge in [-0.3, -0.25) is 4.79 Å². The number of hydrogen-bond acceptors (Lipinski definition) is 2. The summed E-state index contributed by atoms with van der Waals surface area (Å²) < 4.78 is 0. The Labute approximate surface area is 128 Å². The van der Waals surface area contributed by atoms with Crippen LogP contribution in [0, 0.1) is 11.8 Å². The largest absolute Gasteiger partial charge is 0.481 e. The lowest BCUT2D eigenvalue weighted by atomic mass is 9.94. The van der Waals surface area contributed by atoms with Crippen LogP contribution in [0.1, 0.15) is 59.3 Å². The SMILES string of the molecule is CC(C)CCCC(C)NC(=O)N1CCC(CC(=O)O)CC1. The first-order valence-corrected chi connectivity index (χ1v) is 8.15. The molecule has 1 aliphatic heterocycles. The Morgan fingerprint density at radius 2 is 1.81 bits per heavy atom. The van der Waals surface area contributed by atoms with E-state index < -0.39 is 5.97 Å². The fourth-order valence-corrected chi connectivity index (χ4v) is 2.79. The van der Waals surface area contributed by atoms with Gasteiger partial charge in [0.2, 0.25) is 0 Å². The molecule has 1 atom stereocenters. The van der Waals surface area contributed by atoms with E-state index in [-0.39, 0.29) is 24.4 Å². The number of carbonyl (C=O) groups is 2. The lowest BCUT2D eigenvalue weighted by Crippen LogP contribution is -2.47. The van der Waals surface area contributed by atoms with Crippen LogP contribution in [0.3, 0.4) is 0 Å². The highest BCUT2D eigenvalue weighted by Crippen LogP contribution is 2.20. The number of piperidine rings is 1. The summed E-state index contributed by atoms with van der Waals surface area (Å²) in [5.74, 6) is 0.188. The van der Waals surface area contributed by atoms with Gasteiger partial charge in [-0.1, -0.05) is 26.7 Å². The second-order valence-corrected chi connectivity index (χ2v) is 6.70.